The highest BCUT2D eigenvalue weighted by atomic mass is 35.5. The number of hydrogen-bond donors (Lipinski definition) is 1. The first-order valence-electron chi connectivity index (χ1n) is 12.3. The number of aromatic nitrogens is 1. The molecule has 0 spiro atoms. The van der Waals surface area contributed by atoms with Crippen molar-refractivity contribution in [3.05, 3.63) is 69.8 Å². The van der Waals surface area contributed by atoms with E-state index in [1.54, 1.807) is 4.90 Å². The van der Waals surface area contributed by atoms with Crippen molar-refractivity contribution in [3.63, 3.8) is 0 Å². The summed E-state index contributed by atoms with van der Waals surface area (Å²) in [6.45, 7) is 3.25. The van der Waals surface area contributed by atoms with Crippen LogP contribution in [0.2, 0.25) is 10.0 Å². The molecule has 2 atom stereocenters. The summed E-state index contributed by atoms with van der Waals surface area (Å²) in [6, 6.07) is 14.2. The number of amides is 2. The fraction of sp³-hybridized carbons (Fsp3) is 0.423. The fourth-order valence-corrected chi connectivity index (χ4v) is 6.60. The number of benzene rings is 2. The Hall–Kier alpha value is -2.30. The molecule has 2 saturated heterocycles. The van der Waals surface area contributed by atoms with E-state index >= 15 is 0 Å². The summed E-state index contributed by atoms with van der Waals surface area (Å²) in [5.74, 6) is 0.0512. The molecule has 5 rings (SSSR count). The van der Waals surface area contributed by atoms with Crippen molar-refractivity contribution >= 4 is 50.2 Å². The standard InChI is InChI=1S/C26H31Cl2N5O3S/c1-30(15-18-3-4-19-7-8-29-24(19)13-18)25-17-32(16-21(25)20-5-6-22(27)23(28)14-20)26(34)31-9-11-33(12-10-31)37(2,35)36/h3-8,13-14,21,25,29H,9-12,15-17H2,1-2H3/t21-,25?/m1/s1. The van der Waals surface area contributed by atoms with Crippen LogP contribution in [0.5, 0.6) is 0 Å². The molecular weight excluding hydrogens is 533 g/mol. The minimum atomic E-state index is -3.26. The van der Waals surface area contributed by atoms with Crippen LogP contribution >= 0.6 is 23.2 Å². The Morgan fingerprint density at radius 1 is 1.00 bits per heavy atom. The first-order chi connectivity index (χ1) is 17.6. The normalized spacial score (nSPS) is 21.3. The van der Waals surface area contributed by atoms with Crippen LogP contribution in [-0.4, -0.2) is 97.1 Å². The summed E-state index contributed by atoms with van der Waals surface area (Å²) in [5.41, 5.74) is 3.33. The number of halogens is 2. The number of nitrogens with one attached hydrogen (secondary N) is 1. The molecule has 0 radical (unpaired) electrons. The third kappa shape index (κ3) is 5.61. The van der Waals surface area contributed by atoms with E-state index in [0.29, 0.717) is 49.3 Å². The molecule has 1 N–H and O–H groups in total. The molecule has 0 bridgehead atoms. The molecule has 1 unspecified atom stereocenters. The lowest BCUT2D eigenvalue weighted by molar-refractivity contribution is 0.138. The van der Waals surface area contributed by atoms with Crippen LogP contribution in [0.1, 0.15) is 17.0 Å². The SMILES string of the molecule is CN(Cc1ccc2cc[nH]c2c1)C1CN(C(=O)N2CCN(S(C)(=O)=O)CC2)C[C@@H]1c1ccc(Cl)c(Cl)c1. The number of sulfonamides is 1. The number of H-pyrrole nitrogens is 1. The van der Waals surface area contributed by atoms with Gasteiger partial charge in [0, 0.05) is 69.5 Å². The zero-order chi connectivity index (χ0) is 26.3. The fourth-order valence-electron chi connectivity index (χ4n) is 5.47. The first kappa shape index (κ1) is 26.3. The number of rotatable bonds is 5. The molecule has 2 fully saturated rings. The van der Waals surface area contributed by atoms with Crippen LogP contribution in [0.3, 0.4) is 0 Å². The van der Waals surface area contributed by atoms with Gasteiger partial charge in [-0.3, -0.25) is 4.90 Å². The van der Waals surface area contributed by atoms with Crippen LogP contribution in [0, 0.1) is 0 Å². The largest absolute Gasteiger partial charge is 0.361 e. The molecule has 3 aromatic rings. The second-order valence-electron chi connectivity index (χ2n) is 10.00. The molecule has 8 nitrogen and oxygen atoms in total. The van der Waals surface area contributed by atoms with Crippen molar-refractivity contribution in [1.82, 2.24) is 24.0 Å². The maximum Gasteiger partial charge on any atom is 0.320 e. The summed E-state index contributed by atoms with van der Waals surface area (Å²) in [5, 5.41) is 2.18. The van der Waals surface area contributed by atoms with Crippen molar-refractivity contribution in [2.45, 2.75) is 18.5 Å². The van der Waals surface area contributed by atoms with Gasteiger partial charge in [0.05, 0.1) is 16.3 Å². The number of piperazine rings is 1. The molecule has 2 aliphatic rings. The average molecular weight is 565 g/mol. The highest BCUT2D eigenvalue weighted by Gasteiger charge is 2.40. The van der Waals surface area contributed by atoms with E-state index in [9.17, 15) is 13.2 Å². The summed E-state index contributed by atoms with van der Waals surface area (Å²) in [4.78, 5) is 22.7. The van der Waals surface area contributed by atoms with Gasteiger partial charge in [-0.15, -0.1) is 0 Å². The third-order valence-corrected chi connectivity index (χ3v) is 9.57. The second-order valence-corrected chi connectivity index (χ2v) is 12.8. The van der Waals surface area contributed by atoms with E-state index < -0.39 is 10.0 Å². The second kappa shape index (κ2) is 10.5. The molecule has 0 aliphatic carbocycles. The minimum absolute atomic E-state index is 0.0512. The maximum absolute atomic E-state index is 13.5. The molecule has 3 heterocycles. The summed E-state index contributed by atoms with van der Waals surface area (Å²) in [6.07, 6.45) is 3.15. The summed E-state index contributed by atoms with van der Waals surface area (Å²) >= 11 is 12.6. The molecule has 2 amide bonds. The zero-order valence-corrected chi connectivity index (χ0v) is 23.2. The van der Waals surface area contributed by atoms with Crippen LogP contribution in [0.15, 0.2) is 48.7 Å². The van der Waals surface area contributed by atoms with Gasteiger partial charge < -0.3 is 14.8 Å². The number of urea groups is 1. The smallest absolute Gasteiger partial charge is 0.320 e. The van der Waals surface area contributed by atoms with Gasteiger partial charge in [-0.2, -0.15) is 4.31 Å². The molecular formula is C26H31Cl2N5O3S. The Bertz CT molecular complexity index is 1400. The van der Waals surface area contributed by atoms with Crippen molar-refractivity contribution in [1.29, 1.82) is 0 Å². The van der Waals surface area contributed by atoms with Crippen LogP contribution < -0.4 is 0 Å². The number of carbonyl (C=O) groups excluding carboxylic acids is 1. The Kier molecular flexibility index (Phi) is 7.44. The Balaban J connectivity index is 1.35. The molecule has 1 aromatic heterocycles. The number of fused-ring (bicyclic) bond motifs is 1. The Labute approximate surface area is 227 Å². The average Bonchev–Trinajstić information content (AvgIpc) is 3.52. The lowest BCUT2D eigenvalue weighted by atomic mass is 9.93. The van der Waals surface area contributed by atoms with Gasteiger partial charge in [-0.25, -0.2) is 13.2 Å². The van der Waals surface area contributed by atoms with E-state index in [1.807, 2.05) is 29.3 Å². The van der Waals surface area contributed by atoms with Gasteiger partial charge in [-0.1, -0.05) is 41.4 Å². The van der Waals surface area contributed by atoms with Gasteiger partial charge >= 0.3 is 6.03 Å². The van der Waals surface area contributed by atoms with Crippen molar-refractivity contribution in [2.24, 2.45) is 0 Å². The number of likely N-dealkylation sites (tertiary alicyclic amines) is 1. The highest BCUT2D eigenvalue weighted by Crippen LogP contribution is 2.35. The molecule has 198 valence electrons. The van der Waals surface area contributed by atoms with Gasteiger partial charge in [0.25, 0.3) is 0 Å². The van der Waals surface area contributed by atoms with E-state index in [4.69, 9.17) is 23.2 Å². The van der Waals surface area contributed by atoms with Gasteiger partial charge in [0.1, 0.15) is 0 Å². The van der Waals surface area contributed by atoms with E-state index in [0.717, 1.165) is 17.6 Å². The van der Waals surface area contributed by atoms with Crippen LogP contribution in [0.4, 0.5) is 4.79 Å². The third-order valence-electron chi connectivity index (χ3n) is 7.53. The Morgan fingerprint density at radius 2 is 1.76 bits per heavy atom. The lowest BCUT2D eigenvalue weighted by Crippen LogP contribution is -2.53. The van der Waals surface area contributed by atoms with Crippen molar-refractivity contribution in [2.75, 3.05) is 52.6 Å². The van der Waals surface area contributed by atoms with E-state index in [-0.39, 0.29) is 18.0 Å². The van der Waals surface area contributed by atoms with E-state index in [2.05, 4.69) is 41.2 Å². The van der Waals surface area contributed by atoms with Gasteiger partial charge in [0.2, 0.25) is 10.0 Å². The quantitative estimate of drug-likeness (QED) is 0.507. The van der Waals surface area contributed by atoms with Crippen molar-refractivity contribution < 1.29 is 13.2 Å². The number of nitrogens with zero attached hydrogens (tertiary/aromatic N) is 4. The summed E-state index contributed by atoms with van der Waals surface area (Å²) in [7, 11) is -1.17. The number of aromatic amines is 1. The molecule has 37 heavy (non-hydrogen) atoms. The molecule has 2 aromatic carbocycles. The number of carbonyl (C=O) groups is 1. The summed E-state index contributed by atoms with van der Waals surface area (Å²) < 4.78 is 25.2. The Morgan fingerprint density at radius 3 is 2.46 bits per heavy atom. The molecule has 2 aliphatic heterocycles. The lowest BCUT2D eigenvalue weighted by Gasteiger charge is -2.35. The predicted molar refractivity (Wildman–Crippen MR) is 148 cm³/mol. The predicted octanol–water partition coefficient (Wildman–Crippen LogP) is 4.07. The van der Waals surface area contributed by atoms with E-state index in [1.165, 1.54) is 21.5 Å². The molecule has 11 heteroatoms. The minimum Gasteiger partial charge on any atom is -0.361 e. The van der Waals surface area contributed by atoms with Crippen LogP contribution in [0.25, 0.3) is 10.9 Å². The van der Waals surface area contributed by atoms with Crippen molar-refractivity contribution in [3.8, 4) is 0 Å². The molecule has 0 saturated carbocycles. The highest BCUT2D eigenvalue weighted by molar-refractivity contribution is 7.88. The number of likely N-dealkylation sites (N-methyl/N-ethyl adjacent to an activating group) is 1. The topological polar surface area (TPSA) is 80.0 Å². The van der Waals surface area contributed by atoms with Gasteiger partial charge in [-0.05, 0) is 47.8 Å². The number of hydrogen-bond acceptors (Lipinski definition) is 4. The monoisotopic (exact) mass is 563 g/mol. The van der Waals surface area contributed by atoms with Crippen LogP contribution in [-0.2, 0) is 16.6 Å². The maximum atomic E-state index is 13.5. The zero-order valence-electron chi connectivity index (χ0n) is 20.9. The first-order valence-corrected chi connectivity index (χ1v) is 14.9. The van der Waals surface area contributed by atoms with Gasteiger partial charge in [0.15, 0.2) is 0 Å².